The van der Waals surface area contributed by atoms with Crippen LogP contribution in [0.1, 0.15) is 41.5 Å². The van der Waals surface area contributed by atoms with E-state index >= 15 is 0 Å². The van der Waals surface area contributed by atoms with E-state index in [2.05, 4.69) is 24.3 Å². The first-order chi connectivity index (χ1) is 9.88. The molecule has 0 radical (unpaired) electrons. The molecule has 0 atom stereocenters. The Morgan fingerprint density at radius 1 is 0.550 bits per heavy atom. The predicted molar refractivity (Wildman–Crippen MR) is 100 cm³/mol. The standard InChI is InChI=1S/C12H10PS.3C2H6/c14-13(11-7-3-1-4-8-11)12-9-5-2-6-10-12;3*1-2/h1-10H;3*1-2H3/q+1;;;. The van der Waals surface area contributed by atoms with Gasteiger partial charge >= 0.3 is 0 Å². The fourth-order valence-corrected chi connectivity index (χ4v) is 3.19. The van der Waals surface area contributed by atoms with Crippen molar-refractivity contribution < 1.29 is 0 Å². The number of benzene rings is 2. The van der Waals surface area contributed by atoms with Crippen molar-refractivity contribution in [1.82, 2.24) is 0 Å². The first-order valence-electron chi connectivity index (χ1n) is 7.45. The zero-order valence-corrected chi connectivity index (χ0v) is 15.3. The summed E-state index contributed by atoms with van der Waals surface area (Å²) in [6.45, 7) is 11.4. The van der Waals surface area contributed by atoms with E-state index in [1.807, 2.05) is 77.9 Å². The van der Waals surface area contributed by atoms with Crippen LogP contribution in [-0.2, 0) is 11.8 Å². The van der Waals surface area contributed by atoms with Crippen LogP contribution in [-0.4, -0.2) is 0 Å². The summed E-state index contributed by atoms with van der Waals surface area (Å²) in [7, 11) is 0. The van der Waals surface area contributed by atoms with E-state index in [9.17, 15) is 0 Å². The molecule has 0 saturated carbocycles. The summed E-state index contributed by atoms with van der Waals surface area (Å²) in [4.78, 5) is 0. The molecule has 0 aliphatic heterocycles. The average molecular weight is 307 g/mol. The Labute approximate surface area is 131 Å². The van der Waals surface area contributed by atoms with E-state index in [4.69, 9.17) is 11.8 Å². The molecule has 0 bridgehead atoms. The van der Waals surface area contributed by atoms with Gasteiger partial charge in [0.25, 0.3) is 0 Å². The van der Waals surface area contributed by atoms with Crippen LogP contribution >= 0.6 is 6.70 Å². The molecule has 2 aromatic rings. The molecule has 0 nitrogen and oxygen atoms in total. The van der Waals surface area contributed by atoms with Gasteiger partial charge in [-0.25, -0.2) is 0 Å². The summed E-state index contributed by atoms with van der Waals surface area (Å²) < 4.78 is 0. The molecule has 0 heterocycles. The van der Waals surface area contributed by atoms with Crippen LogP contribution in [0.2, 0.25) is 0 Å². The van der Waals surface area contributed by atoms with Gasteiger partial charge in [0.15, 0.2) is 22.4 Å². The van der Waals surface area contributed by atoms with Gasteiger partial charge in [-0.2, -0.15) is 0 Å². The Hall–Kier alpha value is -1.04. The first kappa shape index (κ1) is 21.3. The lowest BCUT2D eigenvalue weighted by atomic mass is 10.4. The van der Waals surface area contributed by atoms with Crippen molar-refractivity contribution in [2.75, 3.05) is 0 Å². The SMILES string of the molecule is CC.CC.CC.S=[P+](c1ccccc1)c1ccccc1. The molecule has 2 rings (SSSR count). The van der Waals surface area contributed by atoms with Gasteiger partial charge in [-0.3, -0.25) is 0 Å². The maximum atomic E-state index is 5.54. The highest BCUT2D eigenvalue weighted by Gasteiger charge is 2.15. The second-order valence-electron chi connectivity index (χ2n) is 2.97. The van der Waals surface area contributed by atoms with Crippen LogP contribution in [0.3, 0.4) is 0 Å². The zero-order valence-electron chi connectivity index (χ0n) is 13.6. The fourth-order valence-electron chi connectivity index (χ4n) is 1.28. The third kappa shape index (κ3) is 8.19. The molecule has 110 valence electrons. The second kappa shape index (κ2) is 16.0. The molecule has 20 heavy (non-hydrogen) atoms. The van der Waals surface area contributed by atoms with Crippen LogP contribution < -0.4 is 10.6 Å². The quantitative estimate of drug-likeness (QED) is 0.645. The van der Waals surface area contributed by atoms with E-state index in [0.717, 1.165) is 0 Å². The number of hydrogen-bond donors (Lipinski definition) is 0. The Kier molecular flexibility index (Phi) is 17.0. The van der Waals surface area contributed by atoms with Crippen LogP contribution in [0, 0.1) is 0 Å². The molecule has 0 N–H and O–H groups in total. The second-order valence-corrected chi connectivity index (χ2v) is 5.68. The summed E-state index contributed by atoms with van der Waals surface area (Å²) in [5.41, 5.74) is 0. The highest BCUT2D eigenvalue weighted by Crippen LogP contribution is 2.18. The third-order valence-electron chi connectivity index (χ3n) is 1.98. The van der Waals surface area contributed by atoms with Crippen LogP contribution in [0.4, 0.5) is 0 Å². The Morgan fingerprint density at radius 3 is 1.05 bits per heavy atom. The van der Waals surface area contributed by atoms with E-state index in [1.54, 1.807) is 0 Å². The molecule has 0 saturated heterocycles. The summed E-state index contributed by atoms with van der Waals surface area (Å²) in [6.07, 6.45) is 0. The van der Waals surface area contributed by atoms with Crippen molar-refractivity contribution in [3.8, 4) is 0 Å². The Bertz CT molecular complexity index is 382. The normalized spacial score (nSPS) is 7.70. The molecule has 0 aromatic heterocycles. The molecule has 0 aliphatic carbocycles. The highest BCUT2D eigenvalue weighted by atomic mass is 32.4. The van der Waals surface area contributed by atoms with Gasteiger partial charge in [0, 0.05) is 0 Å². The van der Waals surface area contributed by atoms with Gasteiger partial charge in [-0.05, 0) is 24.3 Å². The van der Waals surface area contributed by atoms with E-state index in [-0.39, 0.29) is 0 Å². The molecule has 0 aliphatic rings. The molecule has 0 amide bonds. The first-order valence-corrected chi connectivity index (χ1v) is 9.81. The minimum absolute atomic E-state index is 0.587. The molecule has 0 unspecified atom stereocenters. The number of rotatable bonds is 2. The maximum Gasteiger partial charge on any atom is 0.250 e. The van der Waals surface area contributed by atoms with Crippen molar-refractivity contribution in [2.24, 2.45) is 0 Å². The topological polar surface area (TPSA) is 0 Å². The van der Waals surface area contributed by atoms with E-state index in [0.29, 0.717) is 0 Å². The smallest absolute Gasteiger partial charge is 0.0683 e. The maximum absolute atomic E-state index is 5.54. The van der Waals surface area contributed by atoms with Crippen molar-refractivity contribution in [3.63, 3.8) is 0 Å². The van der Waals surface area contributed by atoms with Crippen molar-refractivity contribution in [1.29, 1.82) is 0 Å². The predicted octanol–water partition coefficient (Wildman–Crippen LogP) is 5.66. The average Bonchev–Trinajstić information content (AvgIpc) is 2.61. The van der Waals surface area contributed by atoms with Crippen LogP contribution in [0.5, 0.6) is 0 Å². The molecular weight excluding hydrogens is 279 g/mol. The molecular formula is C18H28PS+. The van der Waals surface area contributed by atoms with Crippen molar-refractivity contribution in [3.05, 3.63) is 60.7 Å². The lowest BCUT2D eigenvalue weighted by Crippen LogP contribution is -2.04. The van der Waals surface area contributed by atoms with Crippen molar-refractivity contribution >= 4 is 29.1 Å². The largest absolute Gasteiger partial charge is 0.250 e. The Morgan fingerprint density at radius 2 is 0.800 bits per heavy atom. The lowest BCUT2D eigenvalue weighted by molar-refractivity contribution is 1.50. The van der Waals surface area contributed by atoms with E-state index in [1.165, 1.54) is 10.6 Å². The highest BCUT2D eigenvalue weighted by molar-refractivity contribution is 8.12. The van der Waals surface area contributed by atoms with Crippen LogP contribution in [0.15, 0.2) is 60.7 Å². The lowest BCUT2D eigenvalue weighted by Gasteiger charge is -1.90. The van der Waals surface area contributed by atoms with Gasteiger partial charge in [0.1, 0.15) is 0 Å². The van der Waals surface area contributed by atoms with E-state index < -0.39 is 6.70 Å². The molecule has 2 aromatic carbocycles. The van der Waals surface area contributed by atoms with Gasteiger partial charge in [-0.1, -0.05) is 77.9 Å². The van der Waals surface area contributed by atoms with Gasteiger partial charge in [-0.15, -0.1) is 0 Å². The van der Waals surface area contributed by atoms with Gasteiger partial charge in [0.05, 0.1) is 0 Å². The summed E-state index contributed by atoms with van der Waals surface area (Å²) >= 11 is 5.54. The van der Waals surface area contributed by atoms with Gasteiger partial charge < -0.3 is 0 Å². The van der Waals surface area contributed by atoms with Gasteiger partial charge in [0.2, 0.25) is 6.70 Å². The zero-order chi connectivity index (χ0) is 15.8. The van der Waals surface area contributed by atoms with Crippen LogP contribution in [0.25, 0.3) is 0 Å². The minimum Gasteiger partial charge on any atom is -0.0683 e. The minimum atomic E-state index is -0.587. The molecule has 0 spiro atoms. The molecule has 0 fully saturated rings. The summed E-state index contributed by atoms with van der Waals surface area (Å²) in [6, 6.07) is 20.6. The summed E-state index contributed by atoms with van der Waals surface area (Å²) in [5, 5.41) is 2.51. The number of hydrogen-bond acceptors (Lipinski definition) is 1. The van der Waals surface area contributed by atoms with Crippen molar-refractivity contribution in [2.45, 2.75) is 41.5 Å². The fraction of sp³-hybridized carbons (Fsp3) is 0.333. The molecule has 2 heteroatoms. The third-order valence-corrected chi connectivity index (χ3v) is 4.78. The monoisotopic (exact) mass is 307 g/mol. The Balaban J connectivity index is 0. The summed E-state index contributed by atoms with van der Waals surface area (Å²) in [5.74, 6) is 0.